The highest BCUT2D eigenvalue weighted by molar-refractivity contribution is 5.71. The van der Waals surface area contributed by atoms with Gasteiger partial charge < -0.3 is 14.2 Å². The molecule has 0 saturated heterocycles. The number of allylic oxidation sites excluding steroid dienone is 14. The van der Waals surface area contributed by atoms with Crippen LogP contribution in [-0.4, -0.2) is 37.2 Å². The van der Waals surface area contributed by atoms with Crippen LogP contribution in [0.2, 0.25) is 0 Å². The quantitative estimate of drug-likeness (QED) is 0.0262. The minimum Gasteiger partial charge on any atom is -0.462 e. The Balaban J connectivity index is 4.47. The second kappa shape index (κ2) is 51.2. The summed E-state index contributed by atoms with van der Waals surface area (Å²) in [6.45, 7) is 6.51. The molecule has 0 aliphatic heterocycles. The fraction of sp³-hybridized carbons (Fsp3) is 0.702. The molecule has 1 atom stereocenters. The van der Waals surface area contributed by atoms with E-state index in [1.54, 1.807) is 0 Å². The topological polar surface area (TPSA) is 78.9 Å². The summed E-state index contributed by atoms with van der Waals surface area (Å²) in [5.74, 6) is -0.972. The third-order valence-corrected chi connectivity index (χ3v) is 10.9. The van der Waals surface area contributed by atoms with Crippen molar-refractivity contribution >= 4 is 17.9 Å². The maximum Gasteiger partial charge on any atom is 0.306 e. The molecule has 0 unspecified atom stereocenters. The second-order valence-corrected chi connectivity index (χ2v) is 17.1. The Hall–Kier alpha value is -3.41. The number of carbonyl (C=O) groups is 3. The molecule has 0 heterocycles. The van der Waals surface area contributed by atoms with Crippen LogP contribution in [0, 0.1) is 0 Å². The van der Waals surface area contributed by atoms with E-state index in [1.807, 2.05) is 0 Å². The van der Waals surface area contributed by atoms with Crippen LogP contribution >= 0.6 is 0 Å². The average molecular weight is 877 g/mol. The van der Waals surface area contributed by atoms with Crippen LogP contribution in [0.3, 0.4) is 0 Å². The number of hydrogen-bond donors (Lipinski definition) is 0. The maximum atomic E-state index is 12.8. The zero-order valence-electron chi connectivity index (χ0n) is 41.1. The largest absolute Gasteiger partial charge is 0.462 e. The van der Waals surface area contributed by atoms with Gasteiger partial charge in [-0.1, -0.05) is 202 Å². The monoisotopic (exact) mass is 877 g/mol. The molecule has 63 heavy (non-hydrogen) atoms. The van der Waals surface area contributed by atoms with Crippen LogP contribution in [0.15, 0.2) is 85.1 Å². The Morgan fingerprint density at radius 1 is 0.317 bits per heavy atom. The highest BCUT2D eigenvalue weighted by Gasteiger charge is 2.19. The summed E-state index contributed by atoms with van der Waals surface area (Å²) >= 11 is 0. The van der Waals surface area contributed by atoms with Gasteiger partial charge in [0.1, 0.15) is 13.2 Å². The van der Waals surface area contributed by atoms with Gasteiger partial charge in [-0.15, -0.1) is 0 Å². The highest BCUT2D eigenvalue weighted by Crippen LogP contribution is 2.14. The molecule has 0 spiro atoms. The van der Waals surface area contributed by atoms with Gasteiger partial charge in [0.2, 0.25) is 0 Å². The lowest BCUT2D eigenvalue weighted by molar-refractivity contribution is -0.167. The molecule has 0 aromatic heterocycles. The second-order valence-electron chi connectivity index (χ2n) is 17.1. The predicted molar refractivity (Wildman–Crippen MR) is 270 cm³/mol. The van der Waals surface area contributed by atoms with Crippen molar-refractivity contribution in [3.8, 4) is 0 Å². The van der Waals surface area contributed by atoms with Crippen LogP contribution in [-0.2, 0) is 28.6 Å². The molecule has 0 bridgehead atoms. The molecule has 360 valence electrons. The molecule has 0 rings (SSSR count). The van der Waals surface area contributed by atoms with E-state index < -0.39 is 6.10 Å². The molecule has 0 aliphatic carbocycles. The SMILES string of the molecule is CCCCC/C=C\C/C=C\C/C=C\C/C=C\CCCCCC(=O)OC[C@H](COC(=O)CCCC/C=C\C/C=C\C/C=C\CCCCC)OC(=O)CCCCCCCCCCCCC. The van der Waals surface area contributed by atoms with Crippen LogP contribution in [0.5, 0.6) is 0 Å². The predicted octanol–water partition coefficient (Wildman–Crippen LogP) is 17.2. The van der Waals surface area contributed by atoms with Crippen molar-refractivity contribution in [2.24, 2.45) is 0 Å². The summed E-state index contributed by atoms with van der Waals surface area (Å²) in [4.78, 5) is 37.9. The summed E-state index contributed by atoms with van der Waals surface area (Å²) in [7, 11) is 0. The van der Waals surface area contributed by atoms with E-state index in [1.165, 1.54) is 103 Å². The van der Waals surface area contributed by atoms with Crippen LogP contribution in [0.1, 0.15) is 239 Å². The summed E-state index contributed by atoms with van der Waals surface area (Å²) in [6.07, 6.45) is 65.6. The first-order valence-electron chi connectivity index (χ1n) is 26.1. The minimum absolute atomic E-state index is 0.104. The summed E-state index contributed by atoms with van der Waals surface area (Å²) < 4.78 is 16.7. The third kappa shape index (κ3) is 49.5. The number of rotatable bonds is 46. The Morgan fingerprint density at radius 3 is 0.952 bits per heavy atom. The number of hydrogen-bond acceptors (Lipinski definition) is 6. The van der Waals surface area contributed by atoms with Gasteiger partial charge in [0.15, 0.2) is 6.10 Å². The molecule has 0 saturated carbocycles. The van der Waals surface area contributed by atoms with E-state index in [0.29, 0.717) is 19.3 Å². The lowest BCUT2D eigenvalue weighted by Crippen LogP contribution is -2.30. The van der Waals surface area contributed by atoms with E-state index in [2.05, 4.69) is 106 Å². The Kier molecular flexibility index (Phi) is 48.5. The van der Waals surface area contributed by atoms with E-state index in [0.717, 1.165) is 96.3 Å². The van der Waals surface area contributed by atoms with Crippen LogP contribution in [0.25, 0.3) is 0 Å². The van der Waals surface area contributed by atoms with Gasteiger partial charge in [-0.3, -0.25) is 14.4 Å². The summed E-state index contributed by atoms with van der Waals surface area (Å²) in [5, 5.41) is 0. The van der Waals surface area contributed by atoms with Crippen molar-refractivity contribution in [1.29, 1.82) is 0 Å². The van der Waals surface area contributed by atoms with Gasteiger partial charge in [-0.2, -0.15) is 0 Å². The molecule has 0 N–H and O–H groups in total. The fourth-order valence-electron chi connectivity index (χ4n) is 6.90. The lowest BCUT2D eigenvalue weighted by atomic mass is 10.1. The fourth-order valence-corrected chi connectivity index (χ4v) is 6.90. The summed E-state index contributed by atoms with van der Waals surface area (Å²) in [5.41, 5.74) is 0. The Morgan fingerprint density at radius 2 is 0.571 bits per heavy atom. The first-order chi connectivity index (χ1) is 31.0. The van der Waals surface area contributed by atoms with Crippen LogP contribution in [0.4, 0.5) is 0 Å². The lowest BCUT2D eigenvalue weighted by Gasteiger charge is -2.18. The van der Waals surface area contributed by atoms with E-state index in [9.17, 15) is 14.4 Å². The number of carbonyl (C=O) groups excluding carboxylic acids is 3. The maximum absolute atomic E-state index is 12.8. The van der Waals surface area contributed by atoms with E-state index in [4.69, 9.17) is 14.2 Å². The van der Waals surface area contributed by atoms with Gasteiger partial charge in [-0.05, 0) is 103 Å². The first-order valence-corrected chi connectivity index (χ1v) is 26.1. The molecule has 0 radical (unpaired) electrons. The van der Waals surface area contributed by atoms with Crippen molar-refractivity contribution in [2.75, 3.05) is 13.2 Å². The number of esters is 3. The molecular formula is C57H96O6. The van der Waals surface area contributed by atoms with Crippen molar-refractivity contribution in [2.45, 2.75) is 245 Å². The first kappa shape index (κ1) is 59.6. The number of unbranched alkanes of at least 4 members (excludes halogenated alkanes) is 21. The van der Waals surface area contributed by atoms with Crippen molar-refractivity contribution < 1.29 is 28.6 Å². The molecule has 0 aliphatic rings. The smallest absolute Gasteiger partial charge is 0.306 e. The van der Waals surface area contributed by atoms with E-state index in [-0.39, 0.29) is 31.1 Å². The average Bonchev–Trinajstić information content (AvgIpc) is 3.28. The zero-order chi connectivity index (χ0) is 45.8. The van der Waals surface area contributed by atoms with Crippen molar-refractivity contribution in [3.63, 3.8) is 0 Å². The summed E-state index contributed by atoms with van der Waals surface area (Å²) in [6, 6.07) is 0. The molecule has 0 fully saturated rings. The van der Waals surface area contributed by atoms with Gasteiger partial charge >= 0.3 is 17.9 Å². The highest BCUT2D eigenvalue weighted by atomic mass is 16.6. The number of ether oxygens (including phenoxy) is 3. The third-order valence-electron chi connectivity index (χ3n) is 10.9. The van der Waals surface area contributed by atoms with Gasteiger partial charge in [0, 0.05) is 19.3 Å². The Bertz CT molecular complexity index is 1240. The normalized spacial score (nSPS) is 12.7. The van der Waals surface area contributed by atoms with Crippen molar-refractivity contribution in [3.05, 3.63) is 85.1 Å². The standard InChI is InChI=1S/C57H96O6/c1-4-7-10-13-16-19-22-24-26-27-28-29-31-33-36-38-41-44-47-50-56(59)62-53-54(63-57(60)51-48-45-42-39-34-21-18-15-12-9-6-3)52-61-55(58)49-46-43-40-37-35-32-30-25-23-20-17-14-11-8-5-2/h16-17,19-20,24-26,28-30,33,35-37,54H,4-15,18,21-23,27,31-32,34,38-53H2,1-3H3/b19-16-,20-17-,26-24-,29-28-,30-25-,36-33-,37-35-/t54-/m0/s1. The van der Waals surface area contributed by atoms with E-state index >= 15 is 0 Å². The molecule has 0 amide bonds. The van der Waals surface area contributed by atoms with Crippen molar-refractivity contribution in [1.82, 2.24) is 0 Å². The van der Waals surface area contributed by atoms with Gasteiger partial charge in [0.05, 0.1) is 0 Å². The molecule has 0 aromatic carbocycles. The minimum atomic E-state index is -0.803. The molecule has 6 heteroatoms. The molecule has 6 nitrogen and oxygen atoms in total. The van der Waals surface area contributed by atoms with Crippen LogP contribution < -0.4 is 0 Å². The zero-order valence-corrected chi connectivity index (χ0v) is 41.1. The molecule has 0 aromatic rings. The van der Waals surface area contributed by atoms with Gasteiger partial charge in [0.25, 0.3) is 0 Å². The molecular weight excluding hydrogens is 781 g/mol. The van der Waals surface area contributed by atoms with Gasteiger partial charge in [-0.25, -0.2) is 0 Å². The Labute approximate surface area is 388 Å².